The number of rotatable bonds is 4. The van der Waals surface area contributed by atoms with Crippen molar-refractivity contribution in [1.82, 2.24) is 9.88 Å². The van der Waals surface area contributed by atoms with Gasteiger partial charge in [0.1, 0.15) is 0 Å². The van der Waals surface area contributed by atoms with Crippen molar-refractivity contribution < 1.29 is 0 Å². The summed E-state index contributed by atoms with van der Waals surface area (Å²) in [5.74, 6) is 1.77. The second-order valence-corrected chi connectivity index (χ2v) is 5.20. The van der Waals surface area contributed by atoms with E-state index in [9.17, 15) is 0 Å². The molecule has 0 saturated heterocycles. The molecular weight excluding hydrogens is 196 g/mol. The van der Waals surface area contributed by atoms with E-state index >= 15 is 0 Å². The standard InChI is InChI=1S/C14H24N2/c1-4-12-7-8-14(11(12)2)15-10-13-6-5-9-16(13)3/h5-6,9,11-12,14-15H,4,7-8,10H2,1-3H3. The van der Waals surface area contributed by atoms with Gasteiger partial charge in [0, 0.05) is 31.5 Å². The van der Waals surface area contributed by atoms with Crippen LogP contribution < -0.4 is 5.32 Å². The highest BCUT2D eigenvalue weighted by atomic mass is 15.0. The summed E-state index contributed by atoms with van der Waals surface area (Å²) in [7, 11) is 2.12. The Labute approximate surface area is 99.0 Å². The van der Waals surface area contributed by atoms with Crippen LogP contribution in [0, 0.1) is 11.8 Å². The molecule has 0 aromatic carbocycles. The lowest BCUT2D eigenvalue weighted by molar-refractivity contribution is 0.343. The van der Waals surface area contributed by atoms with Gasteiger partial charge in [0.2, 0.25) is 0 Å². The van der Waals surface area contributed by atoms with Gasteiger partial charge in [-0.1, -0.05) is 20.3 Å². The Morgan fingerprint density at radius 1 is 1.44 bits per heavy atom. The minimum Gasteiger partial charge on any atom is -0.353 e. The fraction of sp³-hybridized carbons (Fsp3) is 0.714. The monoisotopic (exact) mass is 220 g/mol. The van der Waals surface area contributed by atoms with Gasteiger partial charge in [0.05, 0.1) is 0 Å². The van der Waals surface area contributed by atoms with Crippen LogP contribution in [-0.4, -0.2) is 10.6 Å². The zero-order valence-corrected chi connectivity index (χ0v) is 10.7. The Hall–Kier alpha value is -0.760. The summed E-state index contributed by atoms with van der Waals surface area (Å²) in [5, 5.41) is 3.72. The zero-order valence-electron chi connectivity index (χ0n) is 10.7. The fourth-order valence-corrected chi connectivity index (χ4v) is 3.03. The third-order valence-electron chi connectivity index (χ3n) is 4.35. The summed E-state index contributed by atoms with van der Waals surface area (Å²) >= 11 is 0. The van der Waals surface area contributed by atoms with E-state index in [1.165, 1.54) is 25.0 Å². The molecule has 1 aromatic heterocycles. The average Bonchev–Trinajstić information content (AvgIpc) is 2.83. The molecule has 1 saturated carbocycles. The molecule has 0 amide bonds. The fourth-order valence-electron chi connectivity index (χ4n) is 3.03. The first-order valence-electron chi connectivity index (χ1n) is 6.56. The van der Waals surface area contributed by atoms with Gasteiger partial charge in [0.25, 0.3) is 0 Å². The number of hydrogen-bond donors (Lipinski definition) is 1. The van der Waals surface area contributed by atoms with Gasteiger partial charge in [0.15, 0.2) is 0 Å². The summed E-state index contributed by atoms with van der Waals surface area (Å²) in [6.45, 7) is 5.74. The van der Waals surface area contributed by atoms with Crippen molar-refractivity contribution in [2.75, 3.05) is 0 Å². The maximum Gasteiger partial charge on any atom is 0.0361 e. The molecule has 1 aliphatic carbocycles. The van der Waals surface area contributed by atoms with Crippen LogP contribution in [0.2, 0.25) is 0 Å². The Kier molecular flexibility index (Phi) is 3.70. The van der Waals surface area contributed by atoms with Gasteiger partial charge in [-0.3, -0.25) is 0 Å². The summed E-state index contributed by atoms with van der Waals surface area (Å²) in [4.78, 5) is 0. The third-order valence-corrected chi connectivity index (χ3v) is 4.35. The summed E-state index contributed by atoms with van der Waals surface area (Å²) in [6, 6.07) is 5.04. The number of nitrogens with one attached hydrogen (secondary N) is 1. The van der Waals surface area contributed by atoms with Crippen LogP contribution in [0.25, 0.3) is 0 Å². The zero-order chi connectivity index (χ0) is 11.5. The van der Waals surface area contributed by atoms with Crippen molar-refractivity contribution in [3.8, 4) is 0 Å². The number of hydrogen-bond acceptors (Lipinski definition) is 1. The van der Waals surface area contributed by atoms with Crippen LogP contribution >= 0.6 is 0 Å². The molecule has 16 heavy (non-hydrogen) atoms. The van der Waals surface area contributed by atoms with E-state index in [2.05, 4.69) is 49.1 Å². The molecule has 90 valence electrons. The minimum atomic E-state index is 0.722. The number of nitrogens with zero attached hydrogens (tertiary/aromatic N) is 1. The first-order valence-corrected chi connectivity index (χ1v) is 6.56. The van der Waals surface area contributed by atoms with Crippen LogP contribution in [-0.2, 0) is 13.6 Å². The van der Waals surface area contributed by atoms with E-state index in [1.807, 2.05) is 0 Å². The normalized spacial score (nSPS) is 29.8. The van der Waals surface area contributed by atoms with Gasteiger partial charge in [-0.25, -0.2) is 0 Å². The highest BCUT2D eigenvalue weighted by Gasteiger charge is 2.30. The molecule has 0 aliphatic heterocycles. The molecule has 3 atom stereocenters. The molecule has 0 spiro atoms. The largest absolute Gasteiger partial charge is 0.353 e. The van der Waals surface area contributed by atoms with Crippen molar-refractivity contribution in [2.45, 2.75) is 45.7 Å². The van der Waals surface area contributed by atoms with Crippen LogP contribution in [0.15, 0.2) is 18.3 Å². The summed E-state index contributed by atoms with van der Waals surface area (Å²) in [6.07, 6.45) is 6.21. The Bertz CT molecular complexity index is 329. The summed E-state index contributed by atoms with van der Waals surface area (Å²) < 4.78 is 2.20. The van der Waals surface area contributed by atoms with Crippen LogP contribution in [0.1, 0.15) is 38.8 Å². The van der Waals surface area contributed by atoms with Gasteiger partial charge < -0.3 is 9.88 Å². The molecule has 2 heteroatoms. The highest BCUT2D eigenvalue weighted by Crippen LogP contribution is 2.33. The Balaban J connectivity index is 1.85. The van der Waals surface area contributed by atoms with Crippen molar-refractivity contribution in [1.29, 1.82) is 0 Å². The van der Waals surface area contributed by atoms with Crippen molar-refractivity contribution in [3.63, 3.8) is 0 Å². The van der Waals surface area contributed by atoms with Gasteiger partial charge >= 0.3 is 0 Å². The van der Waals surface area contributed by atoms with Gasteiger partial charge in [-0.15, -0.1) is 0 Å². The van der Waals surface area contributed by atoms with Crippen LogP contribution in [0.4, 0.5) is 0 Å². The lowest BCUT2D eigenvalue weighted by Crippen LogP contribution is -2.32. The second kappa shape index (κ2) is 5.05. The van der Waals surface area contributed by atoms with Crippen molar-refractivity contribution in [2.24, 2.45) is 18.9 Å². The molecule has 3 unspecified atom stereocenters. The first-order chi connectivity index (χ1) is 7.72. The lowest BCUT2D eigenvalue weighted by Gasteiger charge is -2.21. The Morgan fingerprint density at radius 3 is 2.81 bits per heavy atom. The second-order valence-electron chi connectivity index (χ2n) is 5.20. The van der Waals surface area contributed by atoms with E-state index in [0.29, 0.717) is 0 Å². The SMILES string of the molecule is CCC1CCC(NCc2cccn2C)C1C. The molecule has 1 fully saturated rings. The Morgan fingerprint density at radius 2 is 2.25 bits per heavy atom. The van der Waals surface area contributed by atoms with E-state index in [-0.39, 0.29) is 0 Å². The topological polar surface area (TPSA) is 17.0 Å². The first kappa shape index (κ1) is 11.7. The molecule has 1 heterocycles. The van der Waals surface area contributed by atoms with Gasteiger partial charge in [-0.2, -0.15) is 0 Å². The van der Waals surface area contributed by atoms with E-state index in [0.717, 1.165) is 24.4 Å². The maximum absolute atomic E-state index is 3.72. The maximum atomic E-state index is 3.72. The van der Waals surface area contributed by atoms with E-state index < -0.39 is 0 Å². The molecule has 1 aliphatic rings. The molecular formula is C14H24N2. The van der Waals surface area contributed by atoms with Crippen LogP contribution in [0.5, 0.6) is 0 Å². The molecule has 1 aromatic rings. The number of aryl methyl sites for hydroxylation is 1. The predicted molar refractivity (Wildman–Crippen MR) is 68.2 cm³/mol. The van der Waals surface area contributed by atoms with Crippen molar-refractivity contribution >= 4 is 0 Å². The molecule has 2 rings (SSSR count). The lowest BCUT2D eigenvalue weighted by atomic mass is 9.93. The number of aromatic nitrogens is 1. The average molecular weight is 220 g/mol. The molecule has 0 bridgehead atoms. The quantitative estimate of drug-likeness (QED) is 0.825. The molecule has 1 N–H and O–H groups in total. The molecule has 0 radical (unpaired) electrons. The smallest absolute Gasteiger partial charge is 0.0361 e. The molecule has 2 nitrogen and oxygen atoms in total. The van der Waals surface area contributed by atoms with Gasteiger partial charge in [-0.05, 0) is 36.8 Å². The third kappa shape index (κ3) is 2.32. The van der Waals surface area contributed by atoms with E-state index in [1.54, 1.807) is 0 Å². The minimum absolute atomic E-state index is 0.722. The van der Waals surface area contributed by atoms with Crippen molar-refractivity contribution in [3.05, 3.63) is 24.0 Å². The van der Waals surface area contributed by atoms with Crippen LogP contribution in [0.3, 0.4) is 0 Å². The highest BCUT2D eigenvalue weighted by molar-refractivity contribution is 5.06. The summed E-state index contributed by atoms with van der Waals surface area (Å²) in [5.41, 5.74) is 1.38. The van der Waals surface area contributed by atoms with E-state index in [4.69, 9.17) is 0 Å². The predicted octanol–water partition coefficient (Wildman–Crippen LogP) is 2.94.